The molecule has 0 saturated heterocycles. The van der Waals surface area contributed by atoms with Gasteiger partial charge in [-0.2, -0.15) is 0 Å². The van der Waals surface area contributed by atoms with E-state index in [1.54, 1.807) is 0 Å². The van der Waals surface area contributed by atoms with Crippen molar-refractivity contribution in [1.29, 1.82) is 0 Å². The highest BCUT2D eigenvalue weighted by atomic mass is 14.7. The zero-order chi connectivity index (χ0) is 9.26. The van der Waals surface area contributed by atoms with Gasteiger partial charge in [-0.15, -0.1) is 0 Å². The Hall–Kier alpha value is -0.0400. The van der Waals surface area contributed by atoms with Crippen molar-refractivity contribution in [3.05, 3.63) is 0 Å². The van der Waals surface area contributed by atoms with Crippen LogP contribution in [-0.4, -0.2) is 6.04 Å². The van der Waals surface area contributed by atoms with Gasteiger partial charge in [0.25, 0.3) is 0 Å². The lowest BCUT2D eigenvalue weighted by atomic mass is 9.77. The zero-order valence-corrected chi connectivity index (χ0v) is 8.84. The van der Waals surface area contributed by atoms with Gasteiger partial charge in [-0.25, -0.2) is 0 Å². The molecule has 2 saturated carbocycles. The number of nitrogens with two attached hydrogens (primary N) is 1. The maximum atomic E-state index is 6.24. The van der Waals surface area contributed by atoms with E-state index in [1.807, 2.05) is 0 Å². The minimum absolute atomic E-state index is 0.554. The molecule has 0 aromatic carbocycles. The van der Waals surface area contributed by atoms with Gasteiger partial charge in [-0.05, 0) is 43.4 Å². The highest BCUT2D eigenvalue weighted by Crippen LogP contribution is 2.40. The van der Waals surface area contributed by atoms with E-state index < -0.39 is 0 Å². The third-order valence-corrected chi connectivity index (χ3v) is 4.18. The van der Waals surface area contributed by atoms with Crippen molar-refractivity contribution in [2.75, 3.05) is 0 Å². The van der Waals surface area contributed by atoms with Crippen LogP contribution in [0.5, 0.6) is 0 Å². The second-order valence-electron chi connectivity index (χ2n) is 5.10. The van der Waals surface area contributed by atoms with Crippen LogP contribution in [0.25, 0.3) is 0 Å². The van der Waals surface area contributed by atoms with Crippen LogP contribution in [0, 0.1) is 17.8 Å². The molecule has 0 amide bonds. The minimum Gasteiger partial charge on any atom is -0.327 e. The first-order valence-electron chi connectivity index (χ1n) is 6.06. The average Bonchev–Trinajstić information content (AvgIpc) is 3.00. The first-order valence-corrected chi connectivity index (χ1v) is 6.06. The van der Waals surface area contributed by atoms with E-state index in [4.69, 9.17) is 5.73 Å². The maximum absolute atomic E-state index is 6.24. The largest absolute Gasteiger partial charge is 0.327 e. The molecule has 0 heterocycles. The molecule has 1 heteroatoms. The fraction of sp³-hybridized carbons (Fsp3) is 1.00. The fourth-order valence-corrected chi connectivity index (χ4v) is 2.85. The van der Waals surface area contributed by atoms with Crippen molar-refractivity contribution in [3.63, 3.8) is 0 Å². The first kappa shape index (κ1) is 9.51. The summed E-state index contributed by atoms with van der Waals surface area (Å²) in [6, 6.07) is 0.554. The lowest BCUT2D eigenvalue weighted by molar-refractivity contribution is 0.227. The molecule has 13 heavy (non-hydrogen) atoms. The molecule has 0 spiro atoms. The summed E-state index contributed by atoms with van der Waals surface area (Å²) in [5.74, 6) is 2.79. The molecule has 0 aromatic rings. The highest BCUT2D eigenvalue weighted by molar-refractivity contribution is 4.90. The molecule has 0 radical (unpaired) electrons. The van der Waals surface area contributed by atoms with Crippen molar-refractivity contribution in [1.82, 2.24) is 0 Å². The van der Waals surface area contributed by atoms with Gasteiger partial charge in [0.15, 0.2) is 0 Å². The van der Waals surface area contributed by atoms with Crippen LogP contribution in [0.15, 0.2) is 0 Å². The smallest absolute Gasteiger partial charge is 0.00956 e. The maximum Gasteiger partial charge on any atom is 0.00956 e. The van der Waals surface area contributed by atoms with Crippen LogP contribution >= 0.6 is 0 Å². The van der Waals surface area contributed by atoms with Crippen LogP contribution < -0.4 is 5.73 Å². The Bertz CT molecular complexity index is 155. The molecule has 76 valence electrons. The van der Waals surface area contributed by atoms with E-state index in [9.17, 15) is 0 Å². The standard InChI is InChI=1S/C12H23N/c1-2-9-3-5-10(6-4-9)12(13)11-7-8-11/h9-12H,2-8,13H2,1H3. The highest BCUT2D eigenvalue weighted by Gasteiger charge is 2.35. The van der Waals surface area contributed by atoms with Crippen LogP contribution in [-0.2, 0) is 0 Å². The number of hydrogen-bond donors (Lipinski definition) is 1. The van der Waals surface area contributed by atoms with Crippen molar-refractivity contribution < 1.29 is 0 Å². The summed E-state index contributed by atoms with van der Waals surface area (Å²) in [4.78, 5) is 0. The van der Waals surface area contributed by atoms with E-state index in [-0.39, 0.29) is 0 Å². The average molecular weight is 181 g/mol. The molecule has 0 aromatic heterocycles. The second kappa shape index (κ2) is 4.00. The molecule has 2 rings (SSSR count). The topological polar surface area (TPSA) is 26.0 Å². The van der Waals surface area contributed by atoms with Crippen LogP contribution in [0.3, 0.4) is 0 Å². The molecule has 2 N–H and O–H groups in total. The van der Waals surface area contributed by atoms with Crippen LogP contribution in [0.2, 0.25) is 0 Å². The first-order chi connectivity index (χ1) is 6.31. The van der Waals surface area contributed by atoms with Gasteiger partial charge in [0.2, 0.25) is 0 Å². The number of hydrogen-bond acceptors (Lipinski definition) is 1. The van der Waals surface area contributed by atoms with Crippen LogP contribution in [0.1, 0.15) is 51.9 Å². The predicted molar refractivity (Wildman–Crippen MR) is 56.4 cm³/mol. The van der Waals surface area contributed by atoms with Crippen molar-refractivity contribution >= 4 is 0 Å². The molecule has 2 aliphatic rings. The second-order valence-corrected chi connectivity index (χ2v) is 5.10. The van der Waals surface area contributed by atoms with E-state index in [2.05, 4.69) is 6.92 Å². The summed E-state index contributed by atoms with van der Waals surface area (Å²) < 4.78 is 0. The summed E-state index contributed by atoms with van der Waals surface area (Å²) in [7, 11) is 0. The van der Waals surface area contributed by atoms with Crippen molar-refractivity contribution in [2.45, 2.75) is 57.9 Å². The van der Waals surface area contributed by atoms with Gasteiger partial charge in [-0.1, -0.05) is 26.2 Å². The van der Waals surface area contributed by atoms with Gasteiger partial charge >= 0.3 is 0 Å². The van der Waals surface area contributed by atoms with Gasteiger partial charge in [-0.3, -0.25) is 0 Å². The monoisotopic (exact) mass is 181 g/mol. The number of rotatable bonds is 3. The molecule has 2 aliphatic carbocycles. The van der Waals surface area contributed by atoms with E-state index >= 15 is 0 Å². The molecule has 0 bridgehead atoms. The summed E-state index contributed by atoms with van der Waals surface area (Å²) in [5, 5.41) is 0. The molecule has 1 nitrogen and oxygen atoms in total. The summed E-state index contributed by atoms with van der Waals surface area (Å²) in [5.41, 5.74) is 6.24. The van der Waals surface area contributed by atoms with Gasteiger partial charge in [0.1, 0.15) is 0 Å². The van der Waals surface area contributed by atoms with Gasteiger partial charge in [0.05, 0.1) is 0 Å². The lowest BCUT2D eigenvalue weighted by Crippen LogP contribution is -2.34. The molecule has 1 atom stereocenters. The van der Waals surface area contributed by atoms with E-state index in [1.165, 1.54) is 44.9 Å². The SMILES string of the molecule is CCC1CCC(C(N)C2CC2)CC1. The predicted octanol–water partition coefficient (Wildman–Crippen LogP) is 2.94. The normalized spacial score (nSPS) is 37.4. The Morgan fingerprint density at radius 3 is 1.85 bits per heavy atom. The quantitative estimate of drug-likeness (QED) is 0.711. The Morgan fingerprint density at radius 2 is 1.46 bits per heavy atom. The summed E-state index contributed by atoms with van der Waals surface area (Å²) in [6.45, 7) is 2.33. The molecular formula is C12H23N. The Morgan fingerprint density at radius 1 is 1.00 bits per heavy atom. The van der Waals surface area contributed by atoms with E-state index in [0.29, 0.717) is 6.04 Å². The Kier molecular flexibility index (Phi) is 2.92. The molecule has 2 fully saturated rings. The van der Waals surface area contributed by atoms with Crippen LogP contribution in [0.4, 0.5) is 0 Å². The Labute approximate surface area is 82.1 Å². The molecule has 1 unspecified atom stereocenters. The summed E-state index contributed by atoms with van der Waals surface area (Å²) >= 11 is 0. The van der Waals surface area contributed by atoms with Gasteiger partial charge < -0.3 is 5.73 Å². The zero-order valence-electron chi connectivity index (χ0n) is 8.84. The fourth-order valence-electron chi connectivity index (χ4n) is 2.85. The third-order valence-electron chi connectivity index (χ3n) is 4.18. The summed E-state index contributed by atoms with van der Waals surface area (Å²) in [6.07, 6.45) is 9.92. The Balaban J connectivity index is 1.76. The van der Waals surface area contributed by atoms with E-state index in [0.717, 1.165) is 17.8 Å². The third kappa shape index (κ3) is 2.25. The van der Waals surface area contributed by atoms with Crippen molar-refractivity contribution in [3.8, 4) is 0 Å². The van der Waals surface area contributed by atoms with Crippen molar-refractivity contribution in [2.24, 2.45) is 23.5 Å². The molecule has 0 aliphatic heterocycles. The van der Waals surface area contributed by atoms with Gasteiger partial charge in [0, 0.05) is 6.04 Å². The lowest BCUT2D eigenvalue weighted by Gasteiger charge is -2.31. The minimum atomic E-state index is 0.554. The molecular weight excluding hydrogens is 158 g/mol.